The van der Waals surface area contributed by atoms with E-state index in [1.165, 1.54) is 13.1 Å². The summed E-state index contributed by atoms with van der Waals surface area (Å²) in [5.41, 5.74) is 1.15. The molecule has 0 unspecified atom stereocenters. The molecule has 1 aromatic rings. The molecule has 0 spiro atoms. The number of hydrogen-bond acceptors (Lipinski definition) is 3. The van der Waals surface area contributed by atoms with Crippen molar-refractivity contribution in [3.05, 3.63) is 29.3 Å². The summed E-state index contributed by atoms with van der Waals surface area (Å²) >= 11 is 0. The Bertz CT molecular complexity index is 519. The topological polar surface area (TPSA) is 54.5 Å². The first kappa shape index (κ1) is 9.21. The summed E-state index contributed by atoms with van der Waals surface area (Å²) in [5, 5.41) is 0. The zero-order valence-electron chi connectivity index (χ0n) is 7.81. The van der Waals surface area contributed by atoms with E-state index in [1.807, 2.05) is 6.92 Å². The second kappa shape index (κ2) is 2.57. The molecule has 0 saturated heterocycles. The van der Waals surface area contributed by atoms with E-state index in [0.717, 1.165) is 9.87 Å². The lowest BCUT2D eigenvalue weighted by molar-refractivity contribution is 0.0891. The Morgan fingerprint density at radius 1 is 1.29 bits per heavy atom. The van der Waals surface area contributed by atoms with Crippen LogP contribution in [0.5, 0.6) is 0 Å². The molecule has 0 saturated carbocycles. The van der Waals surface area contributed by atoms with E-state index in [2.05, 4.69) is 0 Å². The van der Waals surface area contributed by atoms with Gasteiger partial charge in [0.2, 0.25) is 0 Å². The predicted molar refractivity (Wildman–Crippen MR) is 50.5 cm³/mol. The summed E-state index contributed by atoms with van der Waals surface area (Å²) in [4.78, 5) is 11.6. The van der Waals surface area contributed by atoms with Gasteiger partial charge in [0.1, 0.15) is 4.90 Å². The van der Waals surface area contributed by atoms with Gasteiger partial charge in [-0.05, 0) is 19.1 Å². The molecular formula is C9H9NO3S. The van der Waals surface area contributed by atoms with Crippen molar-refractivity contribution in [2.45, 2.75) is 11.8 Å². The normalized spacial score (nSPS) is 18.4. The van der Waals surface area contributed by atoms with Crippen LogP contribution in [0.25, 0.3) is 0 Å². The number of carbonyl (C=O) groups excluding carboxylic acids is 1. The van der Waals surface area contributed by atoms with Crippen LogP contribution in [0.2, 0.25) is 0 Å². The van der Waals surface area contributed by atoms with Crippen LogP contribution in [0.1, 0.15) is 15.9 Å². The van der Waals surface area contributed by atoms with Crippen LogP contribution in [0.3, 0.4) is 0 Å². The van der Waals surface area contributed by atoms with Gasteiger partial charge in [-0.3, -0.25) is 4.79 Å². The Labute approximate surface area is 82.2 Å². The van der Waals surface area contributed by atoms with E-state index < -0.39 is 15.9 Å². The Hall–Kier alpha value is -1.36. The largest absolute Gasteiger partial charge is 0.268 e. The van der Waals surface area contributed by atoms with E-state index >= 15 is 0 Å². The molecule has 0 bridgehead atoms. The Kier molecular flexibility index (Phi) is 1.69. The molecule has 1 aromatic carbocycles. The van der Waals surface area contributed by atoms with E-state index in [-0.39, 0.29) is 10.5 Å². The third-order valence-corrected chi connectivity index (χ3v) is 4.09. The van der Waals surface area contributed by atoms with Crippen LogP contribution in [0.15, 0.2) is 23.1 Å². The molecule has 14 heavy (non-hydrogen) atoms. The molecular weight excluding hydrogens is 202 g/mol. The van der Waals surface area contributed by atoms with Gasteiger partial charge in [-0.15, -0.1) is 0 Å². The van der Waals surface area contributed by atoms with E-state index in [0.29, 0.717) is 0 Å². The quantitative estimate of drug-likeness (QED) is 0.637. The number of fused-ring (bicyclic) bond motifs is 1. The lowest BCUT2D eigenvalue weighted by Gasteiger charge is -2.05. The van der Waals surface area contributed by atoms with Crippen molar-refractivity contribution < 1.29 is 13.2 Å². The molecule has 1 heterocycles. The van der Waals surface area contributed by atoms with Gasteiger partial charge in [-0.2, -0.15) is 0 Å². The first-order valence-electron chi connectivity index (χ1n) is 4.08. The molecule has 2 rings (SSSR count). The molecule has 1 amide bonds. The highest BCUT2D eigenvalue weighted by Crippen LogP contribution is 2.29. The third kappa shape index (κ3) is 0.988. The fraction of sp³-hybridized carbons (Fsp3) is 0.222. The molecule has 0 fully saturated rings. The average Bonchev–Trinajstić information content (AvgIpc) is 2.28. The number of nitrogens with zero attached hydrogens (tertiary/aromatic N) is 1. The fourth-order valence-electron chi connectivity index (χ4n) is 1.46. The SMILES string of the molecule is Cc1ccc2c(c1)C(=O)N(C)S2(=O)=O. The number of sulfonamides is 1. The third-order valence-electron chi connectivity index (χ3n) is 2.29. The second-order valence-electron chi connectivity index (χ2n) is 3.28. The maximum absolute atomic E-state index is 11.6. The first-order valence-corrected chi connectivity index (χ1v) is 5.52. The van der Waals surface area contributed by atoms with Gasteiger partial charge >= 0.3 is 0 Å². The average molecular weight is 211 g/mol. The summed E-state index contributed by atoms with van der Waals surface area (Å²) in [6, 6.07) is 4.75. The van der Waals surface area contributed by atoms with E-state index in [4.69, 9.17) is 0 Å². The van der Waals surface area contributed by atoms with Gasteiger partial charge < -0.3 is 0 Å². The van der Waals surface area contributed by atoms with Crippen molar-refractivity contribution in [2.75, 3.05) is 7.05 Å². The van der Waals surface area contributed by atoms with Crippen LogP contribution in [-0.4, -0.2) is 25.7 Å². The van der Waals surface area contributed by atoms with Crippen molar-refractivity contribution in [3.63, 3.8) is 0 Å². The fourth-order valence-corrected chi connectivity index (χ4v) is 2.74. The van der Waals surface area contributed by atoms with Crippen molar-refractivity contribution in [1.82, 2.24) is 4.31 Å². The van der Waals surface area contributed by atoms with Crippen LogP contribution in [0.4, 0.5) is 0 Å². The number of amides is 1. The minimum absolute atomic E-state index is 0.107. The van der Waals surface area contributed by atoms with Gasteiger partial charge in [-0.25, -0.2) is 12.7 Å². The zero-order chi connectivity index (χ0) is 10.5. The highest BCUT2D eigenvalue weighted by atomic mass is 32.2. The molecule has 0 atom stereocenters. The molecule has 74 valence electrons. The van der Waals surface area contributed by atoms with Crippen molar-refractivity contribution in [1.29, 1.82) is 0 Å². The number of hydrogen-bond donors (Lipinski definition) is 0. The molecule has 0 N–H and O–H groups in total. The summed E-state index contributed by atoms with van der Waals surface area (Å²) < 4.78 is 24.0. The minimum Gasteiger partial charge on any atom is -0.268 e. The molecule has 0 aromatic heterocycles. The second-order valence-corrected chi connectivity index (χ2v) is 5.21. The number of aryl methyl sites for hydroxylation is 1. The molecule has 1 aliphatic rings. The monoisotopic (exact) mass is 211 g/mol. The molecule has 0 aliphatic carbocycles. The number of benzene rings is 1. The summed E-state index contributed by atoms with van der Waals surface area (Å²) in [6.07, 6.45) is 0. The lowest BCUT2D eigenvalue weighted by Crippen LogP contribution is -2.24. The number of rotatable bonds is 0. The van der Waals surface area contributed by atoms with E-state index in [9.17, 15) is 13.2 Å². The van der Waals surface area contributed by atoms with Gasteiger partial charge in [0.05, 0.1) is 5.56 Å². The van der Waals surface area contributed by atoms with Crippen LogP contribution in [-0.2, 0) is 10.0 Å². The number of carbonyl (C=O) groups is 1. The summed E-state index contributed by atoms with van der Waals surface area (Å²) in [5.74, 6) is -0.455. The highest BCUT2D eigenvalue weighted by Gasteiger charge is 2.38. The van der Waals surface area contributed by atoms with Crippen molar-refractivity contribution in [3.8, 4) is 0 Å². The van der Waals surface area contributed by atoms with Crippen LogP contribution in [0, 0.1) is 6.92 Å². The standard InChI is InChI=1S/C9H9NO3S/c1-6-3-4-8-7(5-6)9(11)10(2)14(8,12)13/h3-5H,1-2H3. The minimum atomic E-state index is -3.57. The summed E-state index contributed by atoms with van der Waals surface area (Å²) in [7, 11) is -2.30. The molecule has 1 aliphatic heterocycles. The van der Waals surface area contributed by atoms with Gasteiger partial charge in [0, 0.05) is 7.05 Å². The van der Waals surface area contributed by atoms with Crippen molar-refractivity contribution >= 4 is 15.9 Å². The molecule has 4 nitrogen and oxygen atoms in total. The highest BCUT2D eigenvalue weighted by molar-refractivity contribution is 7.90. The smallest absolute Gasteiger partial charge is 0.268 e. The van der Waals surface area contributed by atoms with Gasteiger partial charge in [-0.1, -0.05) is 11.6 Å². The first-order chi connectivity index (χ1) is 6.44. The predicted octanol–water partition coefficient (Wildman–Crippen LogP) is 0.769. The maximum Gasteiger partial charge on any atom is 0.268 e. The Morgan fingerprint density at radius 3 is 2.57 bits per heavy atom. The summed E-state index contributed by atoms with van der Waals surface area (Å²) in [6.45, 7) is 1.82. The van der Waals surface area contributed by atoms with E-state index in [1.54, 1.807) is 12.1 Å². The lowest BCUT2D eigenvalue weighted by atomic mass is 10.1. The Morgan fingerprint density at radius 2 is 1.93 bits per heavy atom. The van der Waals surface area contributed by atoms with Crippen LogP contribution >= 0.6 is 0 Å². The van der Waals surface area contributed by atoms with Crippen molar-refractivity contribution in [2.24, 2.45) is 0 Å². The molecule has 5 heteroatoms. The maximum atomic E-state index is 11.6. The van der Waals surface area contributed by atoms with Crippen LogP contribution < -0.4 is 0 Å². The Balaban J connectivity index is 2.81. The van der Waals surface area contributed by atoms with Gasteiger partial charge in [0.25, 0.3) is 15.9 Å². The van der Waals surface area contributed by atoms with Gasteiger partial charge in [0.15, 0.2) is 0 Å². The molecule has 0 radical (unpaired) electrons. The zero-order valence-corrected chi connectivity index (χ0v) is 8.63.